The summed E-state index contributed by atoms with van der Waals surface area (Å²) in [5, 5.41) is 8.81. The van der Waals surface area contributed by atoms with Crippen LogP contribution in [-0.4, -0.2) is 26.7 Å². The number of halogens is 4. The van der Waals surface area contributed by atoms with Crippen molar-refractivity contribution in [1.29, 1.82) is 0 Å². The Bertz CT molecular complexity index is 792. The molecule has 0 aliphatic rings. The molecule has 0 amide bonds. The van der Waals surface area contributed by atoms with Crippen molar-refractivity contribution in [3.8, 4) is 11.6 Å². The molecule has 3 rings (SSSR count). The second kappa shape index (κ2) is 6.07. The number of rotatable bonds is 5. The maximum atomic E-state index is 13.4. The summed E-state index contributed by atoms with van der Waals surface area (Å²) in [6.07, 6.45) is 1.64. The third-order valence-corrected chi connectivity index (χ3v) is 2.93. The van der Waals surface area contributed by atoms with E-state index in [4.69, 9.17) is 4.42 Å². The fraction of sp³-hybridized carbons (Fsp3) is 0.154. The van der Waals surface area contributed by atoms with E-state index in [2.05, 4.69) is 25.5 Å². The molecule has 0 unspecified atom stereocenters. The SMILES string of the molecule is Fc1nc(F)c(F)c(NCCc2nc(-c3ccco3)n[nH]2)c1F. The Morgan fingerprint density at radius 2 is 1.83 bits per heavy atom. The molecule has 0 fully saturated rings. The first-order valence-electron chi connectivity index (χ1n) is 6.45. The highest BCUT2D eigenvalue weighted by Gasteiger charge is 2.20. The molecular weight excluding hydrogens is 318 g/mol. The van der Waals surface area contributed by atoms with Crippen LogP contribution in [0.2, 0.25) is 0 Å². The molecular formula is C13H9F4N5O. The average molecular weight is 327 g/mol. The maximum absolute atomic E-state index is 13.4. The van der Waals surface area contributed by atoms with Crippen molar-refractivity contribution in [2.24, 2.45) is 0 Å². The van der Waals surface area contributed by atoms with Gasteiger partial charge in [-0.15, -0.1) is 0 Å². The molecule has 3 aromatic rings. The van der Waals surface area contributed by atoms with E-state index in [1.54, 1.807) is 12.1 Å². The number of furan rings is 1. The van der Waals surface area contributed by atoms with Crippen LogP contribution in [0.15, 0.2) is 22.8 Å². The van der Waals surface area contributed by atoms with E-state index in [1.165, 1.54) is 6.26 Å². The van der Waals surface area contributed by atoms with Crippen LogP contribution in [0, 0.1) is 23.5 Å². The third kappa shape index (κ3) is 3.00. The van der Waals surface area contributed by atoms with Gasteiger partial charge in [0.05, 0.1) is 6.26 Å². The number of nitrogens with zero attached hydrogens (tertiary/aromatic N) is 3. The normalized spacial score (nSPS) is 11.0. The van der Waals surface area contributed by atoms with Gasteiger partial charge in [0, 0.05) is 13.0 Å². The number of hydrogen-bond donors (Lipinski definition) is 2. The number of nitrogens with one attached hydrogen (secondary N) is 2. The highest BCUT2D eigenvalue weighted by molar-refractivity contribution is 5.46. The molecule has 0 saturated heterocycles. The average Bonchev–Trinajstić information content (AvgIpc) is 3.19. The molecule has 0 saturated carbocycles. The first-order valence-corrected chi connectivity index (χ1v) is 6.45. The van der Waals surface area contributed by atoms with Gasteiger partial charge in [-0.3, -0.25) is 5.10 Å². The number of anilines is 1. The van der Waals surface area contributed by atoms with Crippen molar-refractivity contribution in [1.82, 2.24) is 20.2 Å². The van der Waals surface area contributed by atoms with Crippen molar-refractivity contribution in [3.63, 3.8) is 0 Å². The van der Waals surface area contributed by atoms with Crippen LogP contribution in [0.3, 0.4) is 0 Å². The first-order chi connectivity index (χ1) is 11.1. The van der Waals surface area contributed by atoms with Crippen LogP contribution in [0.4, 0.5) is 23.2 Å². The number of H-pyrrole nitrogens is 1. The maximum Gasteiger partial charge on any atom is 0.253 e. The summed E-state index contributed by atoms with van der Waals surface area (Å²) in [5.74, 6) is -5.42. The second-order valence-corrected chi connectivity index (χ2v) is 4.46. The number of aromatic nitrogens is 4. The molecule has 2 N–H and O–H groups in total. The van der Waals surface area contributed by atoms with E-state index < -0.39 is 29.2 Å². The Balaban J connectivity index is 1.67. The van der Waals surface area contributed by atoms with E-state index >= 15 is 0 Å². The summed E-state index contributed by atoms with van der Waals surface area (Å²) in [5.41, 5.74) is -0.916. The molecule has 0 radical (unpaired) electrons. The lowest BCUT2D eigenvalue weighted by molar-refractivity contribution is 0.410. The van der Waals surface area contributed by atoms with Gasteiger partial charge < -0.3 is 9.73 Å². The van der Waals surface area contributed by atoms with Crippen molar-refractivity contribution in [2.45, 2.75) is 6.42 Å². The van der Waals surface area contributed by atoms with Gasteiger partial charge in [-0.05, 0) is 12.1 Å². The van der Waals surface area contributed by atoms with Crippen molar-refractivity contribution < 1.29 is 22.0 Å². The van der Waals surface area contributed by atoms with Gasteiger partial charge in [0.1, 0.15) is 11.5 Å². The molecule has 23 heavy (non-hydrogen) atoms. The minimum atomic E-state index is -1.72. The Labute approximate surface area is 126 Å². The van der Waals surface area contributed by atoms with Crippen molar-refractivity contribution in [3.05, 3.63) is 47.8 Å². The molecule has 10 heteroatoms. The molecule has 0 atom stereocenters. The van der Waals surface area contributed by atoms with E-state index in [-0.39, 0.29) is 13.0 Å². The summed E-state index contributed by atoms with van der Waals surface area (Å²) in [6, 6.07) is 3.34. The zero-order valence-electron chi connectivity index (χ0n) is 11.4. The van der Waals surface area contributed by atoms with Crippen LogP contribution in [-0.2, 0) is 6.42 Å². The highest BCUT2D eigenvalue weighted by Crippen LogP contribution is 2.22. The Morgan fingerprint density at radius 3 is 2.48 bits per heavy atom. The zero-order valence-corrected chi connectivity index (χ0v) is 11.4. The zero-order chi connectivity index (χ0) is 16.4. The molecule has 3 aromatic heterocycles. The molecule has 0 aromatic carbocycles. The lowest BCUT2D eigenvalue weighted by Crippen LogP contribution is -2.12. The lowest BCUT2D eigenvalue weighted by Gasteiger charge is -2.08. The lowest BCUT2D eigenvalue weighted by atomic mass is 10.3. The third-order valence-electron chi connectivity index (χ3n) is 2.93. The number of pyridine rings is 1. The summed E-state index contributed by atoms with van der Waals surface area (Å²) in [4.78, 5) is 6.58. The van der Waals surface area contributed by atoms with Crippen LogP contribution >= 0.6 is 0 Å². The Kier molecular flexibility index (Phi) is 3.96. The summed E-state index contributed by atoms with van der Waals surface area (Å²) in [6.45, 7) is -0.0382. The monoisotopic (exact) mass is 327 g/mol. The molecule has 0 aliphatic carbocycles. The van der Waals surface area contributed by atoms with E-state index in [9.17, 15) is 17.6 Å². The molecule has 120 valence electrons. The molecule has 0 aliphatic heterocycles. The van der Waals surface area contributed by atoms with Crippen LogP contribution in [0.1, 0.15) is 5.82 Å². The topological polar surface area (TPSA) is 79.6 Å². The summed E-state index contributed by atoms with van der Waals surface area (Å²) in [7, 11) is 0. The highest BCUT2D eigenvalue weighted by atomic mass is 19.2. The molecule has 3 heterocycles. The minimum absolute atomic E-state index is 0.0382. The van der Waals surface area contributed by atoms with E-state index in [1.807, 2.05) is 0 Å². The van der Waals surface area contributed by atoms with Gasteiger partial charge in [0.2, 0.25) is 17.5 Å². The van der Waals surface area contributed by atoms with Gasteiger partial charge >= 0.3 is 0 Å². The molecule has 0 bridgehead atoms. The largest absolute Gasteiger partial charge is 0.461 e. The van der Waals surface area contributed by atoms with Gasteiger partial charge in [0.15, 0.2) is 5.76 Å². The van der Waals surface area contributed by atoms with E-state index in [0.717, 1.165) is 0 Å². The van der Waals surface area contributed by atoms with Crippen molar-refractivity contribution in [2.75, 3.05) is 11.9 Å². The van der Waals surface area contributed by atoms with Gasteiger partial charge in [-0.1, -0.05) is 0 Å². The summed E-state index contributed by atoms with van der Waals surface area (Å²) >= 11 is 0. The predicted octanol–water partition coefficient (Wildman–Crippen LogP) is 2.67. The van der Waals surface area contributed by atoms with Gasteiger partial charge in [-0.2, -0.15) is 27.6 Å². The fourth-order valence-electron chi connectivity index (χ4n) is 1.87. The number of hydrogen-bond acceptors (Lipinski definition) is 5. The summed E-state index contributed by atoms with van der Waals surface area (Å²) < 4.78 is 57.8. The van der Waals surface area contributed by atoms with Gasteiger partial charge in [0.25, 0.3) is 11.9 Å². The Morgan fingerprint density at radius 1 is 1.09 bits per heavy atom. The minimum Gasteiger partial charge on any atom is -0.461 e. The quantitative estimate of drug-likeness (QED) is 0.556. The number of aromatic amines is 1. The molecule has 0 spiro atoms. The molecule has 6 nitrogen and oxygen atoms in total. The fourth-order valence-corrected chi connectivity index (χ4v) is 1.87. The van der Waals surface area contributed by atoms with Crippen LogP contribution in [0.5, 0.6) is 0 Å². The van der Waals surface area contributed by atoms with Crippen LogP contribution < -0.4 is 5.32 Å². The smallest absolute Gasteiger partial charge is 0.253 e. The predicted molar refractivity (Wildman–Crippen MR) is 70.3 cm³/mol. The second-order valence-electron chi connectivity index (χ2n) is 4.46. The van der Waals surface area contributed by atoms with Gasteiger partial charge in [-0.25, -0.2) is 4.98 Å². The van der Waals surface area contributed by atoms with E-state index in [0.29, 0.717) is 17.4 Å². The van der Waals surface area contributed by atoms with Crippen molar-refractivity contribution >= 4 is 5.69 Å². The Hall–Kier alpha value is -2.91. The first kappa shape index (κ1) is 15.0. The standard InChI is InChI=1S/C13H9F4N5O/c14-8-10(9(15)12(17)20-11(8)16)18-4-3-7-19-13(22-21-7)6-2-1-5-23-6/h1-2,5H,3-4H2,(H,18,20)(H,19,21,22). The van der Waals surface area contributed by atoms with Crippen LogP contribution in [0.25, 0.3) is 11.6 Å².